The second-order valence-electron chi connectivity index (χ2n) is 7.42. The van der Waals surface area contributed by atoms with Gasteiger partial charge in [0.05, 0.1) is 11.5 Å². The monoisotopic (exact) mass is 354 g/mol. The van der Waals surface area contributed by atoms with Crippen molar-refractivity contribution >= 4 is 11.9 Å². The summed E-state index contributed by atoms with van der Waals surface area (Å²) in [4.78, 5) is 16.3. The highest BCUT2D eigenvalue weighted by molar-refractivity contribution is 5.84. The molecule has 3 N–H and O–H groups in total. The number of hydrogen-bond acceptors (Lipinski definition) is 3. The smallest absolute Gasteiger partial charge is 0.227 e. The zero-order chi connectivity index (χ0) is 18.7. The first-order valence-corrected chi connectivity index (χ1v) is 9.79. The minimum Gasteiger partial charge on any atom is -0.378 e. The fraction of sp³-hybridized carbons (Fsp3) is 0.895. The summed E-state index contributed by atoms with van der Waals surface area (Å²) in [6, 6.07) is 0. The summed E-state index contributed by atoms with van der Waals surface area (Å²) >= 11 is 0. The maximum atomic E-state index is 12.1. The number of aliphatic imine (C=N–C) groups is 1. The van der Waals surface area contributed by atoms with Crippen LogP contribution in [0.5, 0.6) is 0 Å². The van der Waals surface area contributed by atoms with Crippen molar-refractivity contribution in [3.63, 3.8) is 0 Å². The lowest BCUT2D eigenvalue weighted by Crippen LogP contribution is -2.48. The molecule has 1 fully saturated rings. The second-order valence-corrected chi connectivity index (χ2v) is 7.42. The molecule has 6 nitrogen and oxygen atoms in total. The van der Waals surface area contributed by atoms with E-state index in [1.165, 1.54) is 25.7 Å². The number of guanidine groups is 1. The van der Waals surface area contributed by atoms with Crippen LogP contribution in [0.3, 0.4) is 0 Å². The topological polar surface area (TPSA) is 74.8 Å². The van der Waals surface area contributed by atoms with Crippen LogP contribution in [-0.4, -0.2) is 51.3 Å². The number of amides is 1. The molecular weight excluding hydrogens is 316 g/mol. The molecule has 1 atom stereocenters. The summed E-state index contributed by atoms with van der Waals surface area (Å²) in [5.74, 6) is 1.49. The second kappa shape index (κ2) is 11.3. The minimum atomic E-state index is -0.481. The first kappa shape index (κ1) is 21.7. The van der Waals surface area contributed by atoms with Gasteiger partial charge in [-0.2, -0.15) is 0 Å². The number of carbonyl (C=O) groups excluding carboxylic acids is 1. The van der Waals surface area contributed by atoms with Crippen LogP contribution in [0.4, 0.5) is 0 Å². The molecule has 146 valence electrons. The van der Waals surface area contributed by atoms with E-state index >= 15 is 0 Å². The lowest BCUT2D eigenvalue weighted by molar-refractivity contribution is -0.128. The molecule has 6 heteroatoms. The molecule has 0 aliphatic heterocycles. The van der Waals surface area contributed by atoms with Crippen molar-refractivity contribution in [1.29, 1.82) is 0 Å². The van der Waals surface area contributed by atoms with Crippen molar-refractivity contribution in [3.05, 3.63) is 0 Å². The Morgan fingerprint density at radius 2 is 1.88 bits per heavy atom. The zero-order valence-electron chi connectivity index (χ0n) is 16.8. The van der Waals surface area contributed by atoms with Gasteiger partial charge < -0.3 is 20.7 Å². The molecule has 0 aromatic heterocycles. The largest absolute Gasteiger partial charge is 0.378 e. The first-order valence-electron chi connectivity index (χ1n) is 9.79. The van der Waals surface area contributed by atoms with E-state index in [-0.39, 0.29) is 5.91 Å². The molecule has 0 heterocycles. The van der Waals surface area contributed by atoms with E-state index in [0.29, 0.717) is 25.1 Å². The maximum Gasteiger partial charge on any atom is 0.227 e. The molecule has 1 rings (SSSR count). The third-order valence-electron chi connectivity index (χ3n) is 4.90. The van der Waals surface area contributed by atoms with Crippen molar-refractivity contribution in [1.82, 2.24) is 16.0 Å². The minimum absolute atomic E-state index is 0.0515. The van der Waals surface area contributed by atoms with E-state index in [0.717, 1.165) is 25.5 Å². The molecule has 0 spiro atoms. The molecule has 0 saturated heterocycles. The van der Waals surface area contributed by atoms with E-state index in [2.05, 4.69) is 27.9 Å². The first-order chi connectivity index (χ1) is 11.9. The van der Waals surface area contributed by atoms with E-state index in [1.54, 1.807) is 7.05 Å². The van der Waals surface area contributed by atoms with Gasteiger partial charge in [-0.25, -0.2) is 0 Å². The number of ether oxygens (including phenoxy) is 1. The molecule has 1 saturated carbocycles. The Morgan fingerprint density at radius 1 is 1.20 bits per heavy atom. The van der Waals surface area contributed by atoms with Crippen LogP contribution in [0.1, 0.15) is 59.8 Å². The van der Waals surface area contributed by atoms with Gasteiger partial charge in [0.25, 0.3) is 0 Å². The lowest BCUT2D eigenvalue weighted by Gasteiger charge is -2.26. The van der Waals surface area contributed by atoms with Gasteiger partial charge in [-0.3, -0.25) is 9.79 Å². The number of hydrogen-bond donors (Lipinski definition) is 3. The Hall–Kier alpha value is -1.30. The summed E-state index contributed by atoms with van der Waals surface area (Å²) in [6.07, 6.45) is 6.57. The Labute approximate surface area is 153 Å². The summed E-state index contributed by atoms with van der Waals surface area (Å²) < 4.78 is 5.96. The summed E-state index contributed by atoms with van der Waals surface area (Å²) in [6.45, 7) is 10.6. The van der Waals surface area contributed by atoms with Crippen LogP contribution in [0.2, 0.25) is 0 Å². The van der Waals surface area contributed by atoms with Crippen molar-refractivity contribution in [2.24, 2.45) is 16.3 Å². The maximum absolute atomic E-state index is 12.1. The van der Waals surface area contributed by atoms with Gasteiger partial charge >= 0.3 is 0 Å². The predicted molar refractivity (Wildman–Crippen MR) is 104 cm³/mol. The Kier molecular flexibility index (Phi) is 9.86. The summed E-state index contributed by atoms with van der Waals surface area (Å²) in [5.41, 5.74) is -0.481. The third kappa shape index (κ3) is 7.63. The Bertz CT molecular complexity index is 418. The average Bonchev–Trinajstić information content (AvgIpc) is 3.11. The van der Waals surface area contributed by atoms with Crippen molar-refractivity contribution in [2.45, 2.75) is 65.9 Å². The number of nitrogens with one attached hydrogen (secondary N) is 3. The molecule has 1 unspecified atom stereocenters. The van der Waals surface area contributed by atoms with Gasteiger partial charge in [-0.05, 0) is 52.9 Å². The summed E-state index contributed by atoms with van der Waals surface area (Å²) in [7, 11) is 1.76. The van der Waals surface area contributed by atoms with E-state index in [1.807, 2.05) is 20.8 Å². The van der Waals surface area contributed by atoms with E-state index in [9.17, 15) is 4.79 Å². The molecule has 0 aromatic rings. The van der Waals surface area contributed by atoms with Crippen LogP contribution < -0.4 is 16.0 Å². The zero-order valence-corrected chi connectivity index (χ0v) is 16.8. The summed E-state index contributed by atoms with van der Waals surface area (Å²) in [5, 5.41) is 9.49. The van der Waals surface area contributed by atoms with Crippen LogP contribution in [0.15, 0.2) is 4.99 Å². The van der Waals surface area contributed by atoms with Gasteiger partial charge in [-0.15, -0.1) is 0 Å². The standard InChI is InChI=1S/C19H38N4O2/c1-6-21-17(24)19(3,4)14-23-18(20-5)22-13-12-16(25-7-2)15-10-8-9-11-15/h15-16H,6-14H2,1-5H3,(H,21,24)(H2,20,22,23). The highest BCUT2D eigenvalue weighted by Crippen LogP contribution is 2.30. The normalized spacial score (nSPS) is 17.4. The number of rotatable bonds is 10. The van der Waals surface area contributed by atoms with Crippen molar-refractivity contribution in [2.75, 3.05) is 33.3 Å². The Morgan fingerprint density at radius 3 is 2.44 bits per heavy atom. The lowest BCUT2D eigenvalue weighted by atomic mass is 9.92. The molecule has 0 bridgehead atoms. The highest BCUT2D eigenvalue weighted by atomic mass is 16.5. The molecular formula is C19H38N4O2. The molecule has 25 heavy (non-hydrogen) atoms. The van der Waals surface area contributed by atoms with Crippen LogP contribution >= 0.6 is 0 Å². The predicted octanol–water partition coefficient (Wildman–Crippen LogP) is 2.30. The van der Waals surface area contributed by atoms with Crippen LogP contribution in [-0.2, 0) is 9.53 Å². The van der Waals surface area contributed by atoms with Gasteiger partial charge in [0, 0.05) is 33.3 Å². The number of nitrogens with zero attached hydrogens (tertiary/aromatic N) is 1. The van der Waals surface area contributed by atoms with Crippen LogP contribution in [0.25, 0.3) is 0 Å². The molecule has 1 aliphatic rings. The average molecular weight is 355 g/mol. The highest BCUT2D eigenvalue weighted by Gasteiger charge is 2.27. The third-order valence-corrected chi connectivity index (χ3v) is 4.90. The Balaban J connectivity index is 2.39. The molecule has 1 aliphatic carbocycles. The fourth-order valence-electron chi connectivity index (χ4n) is 3.34. The van der Waals surface area contributed by atoms with E-state index in [4.69, 9.17) is 4.74 Å². The SMILES string of the molecule is CCNC(=O)C(C)(C)CNC(=NC)NCCC(OCC)C1CCCC1. The van der Waals surface area contributed by atoms with E-state index < -0.39 is 5.41 Å². The quantitative estimate of drug-likeness (QED) is 0.416. The van der Waals surface area contributed by atoms with Gasteiger partial charge in [-0.1, -0.05) is 12.8 Å². The van der Waals surface area contributed by atoms with Crippen molar-refractivity contribution < 1.29 is 9.53 Å². The number of carbonyl (C=O) groups is 1. The fourth-order valence-corrected chi connectivity index (χ4v) is 3.34. The molecule has 0 aromatic carbocycles. The van der Waals surface area contributed by atoms with Gasteiger partial charge in [0.15, 0.2) is 5.96 Å². The van der Waals surface area contributed by atoms with Crippen LogP contribution in [0, 0.1) is 11.3 Å². The van der Waals surface area contributed by atoms with Gasteiger partial charge in [0.2, 0.25) is 5.91 Å². The van der Waals surface area contributed by atoms with Crippen molar-refractivity contribution in [3.8, 4) is 0 Å². The molecule has 0 radical (unpaired) electrons. The van der Waals surface area contributed by atoms with Gasteiger partial charge in [0.1, 0.15) is 0 Å². The molecule has 1 amide bonds.